The first-order chi connectivity index (χ1) is 9.02. The predicted octanol–water partition coefficient (Wildman–Crippen LogP) is 3.87. The molecule has 2 rings (SSSR count). The van der Waals surface area contributed by atoms with E-state index in [1.165, 1.54) is 6.42 Å². The molecular formula is C15H24ClN3. The molecule has 1 unspecified atom stereocenters. The number of aromatic nitrogens is 2. The van der Waals surface area contributed by atoms with Crippen molar-refractivity contribution in [3.05, 3.63) is 16.5 Å². The summed E-state index contributed by atoms with van der Waals surface area (Å²) in [6.45, 7) is 10.9. The average molecular weight is 282 g/mol. The van der Waals surface area contributed by atoms with Crippen LogP contribution >= 0.6 is 11.6 Å². The molecule has 0 aromatic carbocycles. The summed E-state index contributed by atoms with van der Waals surface area (Å²) in [5, 5.41) is 0.612. The Morgan fingerprint density at radius 1 is 1.37 bits per heavy atom. The zero-order valence-electron chi connectivity index (χ0n) is 12.4. The van der Waals surface area contributed by atoms with Gasteiger partial charge in [-0.1, -0.05) is 32.4 Å². The van der Waals surface area contributed by atoms with Crippen LogP contribution in [0.25, 0.3) is 0 Å². The summed E-state index contributed by atoms with van der Waals surface area (Å²) in [5.74, 6) is 3.42. The lowest BCUT2D eigenvalue weighted by Gasteiger charge is -2.21. The highest BCUT2D eigenvalue weighted by Crippen LogP contribution is 2.31. The Hall–Kier alpha value is -0.830. The van der Waals surface area contributed by atoms with Crippen LogP contribution in [0.1, 0.15) is 45.0 Å². The van der Waals surface area contributed by atoms with E-state index < -0.39 is 0 Å². The molecule has 0 aliphatic carbocycles. The molecule has 0 saturated carbocycles. The number of aryl methyl sites for hydroxylation is 1. The monoisotopic (exact) mass is 281 g/mol. The zero-order valence-corrected chi connectivity index (χ0v) is 13.2. The van der Waals surface area contributed by atoms with E-state index in [1.807, 2.05) is 6.92 Å². The van der Waals surface area contributed by atoms with Gasteiger partial charge in [-0.25, -0.2) is 9.97 Å². The van der Waals surface area contributed by atoms with E-state index in [9.17, 15) is 0 Å². The molecule has 1 atom stereocenters. The summed E-state index contributed by atoms with van der Waals surface area (Å²) in [6, 6.07) is 0. The SMILES string of the molecule is CCCc1nc(Cl)c(C)c(N2CCC(C(C)C)C2)n1. The molecule has 1 saturated heterocycles. The van der Waals surface area contributed by atoms with Crippen LogP contribution in [0.3, 0.4) is 0 Å². The molecule has 1 aromatic rings. The number of halogens is 1. The third-order valence-electron chi connectivity index (χ3n) is 4.05. The highest BCUT2D eigenvalue weighted by Gasteiger charge is 2.27. The summed E-state index contributed by atoms with van der Waals surface area (Å²) >= 11 is 6.25. The first-order valence-corrected chi connectivity index (χ1v) is 7.68. The Bertz CT molecular complexity index is 445. The van der Waals surface area contributed by atoms with E-state index in [4.69, 9.17) is 16.6 Å². The summed E-state index contributed by atoms with van der Waals surface area (Å²) in [7, 11) is 0. The van der Waals surface area contributed by atoms with Crippen molar-refractivity contribution in [2.45, 2.75) is 47.0 Å². The Morgan fingerprint density at radius 2 is 2.11 bits per heavy atom. The number of hydrogen-bond donors (Lipinski definition) is 0. The second-order valence-electron chi connectivity index (χ2n) is 5.87. The van der Waals surface area contributed by atoms with Gasteiger partial charge in [-0.3, -0.25) is 0 Å². The minimum absolute atomic E-state index is 0.612. The Balaban J connectivity index is 2.24. The fourth-order valence-electron chi connectivity index (χ4n) is 2.69. The van der Waals surface area contributed by atoms with Crippen molar-refractivity contribution >= 4 is 17.4 Å². The van der Waals surface area contributed by atoms with Gasteiger partial charge in [0.05, 0.1) is 0 Å². The highest BCUT2D eigenvalue weighted by molar-refractivity contribution is 6.30. The third kappa shape index (κ3) is 3.19. The number of anilines is 1. The van der Waals surface area contributed by atoms with Crippen molar-refractivity contribution in [1.29, 1.82) is 0 Å². The van der Waals surface area contributed by atoms with Crippen LogP contribution < -0.4 is 4.90 Å². The smallest absolute Gasteiger partial charge is 0.137 e. The molecule has 0 radical (unpaired) electrons. The van der Waals surface area contributed by atoms with Crippen molar-refractivity contribution < 1.29 is 0 Å². The van der Waals surface area contributed by atoms with E-state index in [-0.39, 0.29) is 0 Å². The summed E-state index contributed by atoms with van der Waals surface area (Å²) in [6.07, 6.45) is 3.20. The van der Waals surface area contributed by atoms with Gasteiger partial charge in [0.15, 0.2) is 0 Å². The van der Waals surface area contributed by atoms with E-state index >= 15 is 0 Å². The number of hydrogen-bond acceptors (Lipinski definition) is 3. The van der Waals surface area contributed by atoms with Crippen LogP contribution in [0.2, 0.25) is 5.15 Å². The van der Waals surface area contributed by atoms with Gasteiger partial charge in [0.1, 0.15) is 16.8 Å². The normalized spacial score (nSPS) is 19.5. The average Bonchev–Trinajstić information content (AvgIpc) is 2.83. The predicted molar refractivity (Wildman–Crippen MR) is 80.9 cm³/mol. The van der Waals surface area contributed by atoms with Gasteiger partial charge in [0, 0.05) is 25.1 Å². The molecule has 0 bridgehead atoms. The molecule has 0 spiro atoms. The molecule has 0 amide bonds. The zero-order chi connectivity index (χ0) is 14.0. The minimum atomic E-state index is 0.612. The third-order valence-corrected chi connectivity index (χ3v) is 4.42. The van der Waals surface area contributed by atoms with Gasteiger partial charge in [0.2, 0.25) is 0 Å². The summed E-state index contributed by atoms with van der Waals surface area (Å²) < 4.78 is 0. The van der Waals surface area contributed by atoms with E-state index in [1.54, 1.807) is 0 Å². The molecule has 1 aromatic heterocycles. The molecular weight excluding hydrogens is 258 g/mol. The van der Waals surface area contributed by atoms with Crippen LogP contribution in [0.5, 0.6) is 0 Å². The fourth-order valence-corrected chi connectivity index (χ4v) is 2.87. The molecule has 1 aliphatic rings. The van der Waals surface area contributed by atoms with Gasteiger partial charge in [0.25, 0.3) is 0 Å². The first-order valence-electron chi connectivity index (χ1n) is 7.30. The van der Waals surface area contributed by atoms with E-state index in [0.717, 1.165) is 55.0 Å². The van der Waals surface area contributed by atoms with Crippen LogP contribution in [0.4, 0.5) is 5.82 Å². The van der Waals surface area contributed by atoms with Gasteiger partial charge >= 0.3 is 0 Å². The molecule has 1 aliphatic heterocycles. The Morgan fingerprint density at radius 3 is 2.68 bits per heavy atom. The Kier molecular flexibility index (Phi) is 4.67. The summed E-state index contributed by atoms with van der Waals surface area (Å²) in [4.78, 5) is 11.5. The fraction of sp³-hybridized carbons (Fsp3) is 0.733. The van der Waals surface area contributed by atoms with Crippen molar-refractivity contribution in [2.24, 2.45) is 11.8 Å². The van der Waals surface area contributed by atoms with Crippen LogP contribution in [-0.4, -0.2) is 23.1 Å². The lowest BCUT2D eigenvalue weighted by molar-refractivity contribution is 0.422. The largest absolute Gasteiger partial charge is 0.356 e. The first kappa shape index (κ1) is 14.6. The van der Waals surface area contributed by atoms with Crippen molar-refractivity contribution in [2.75, 3.05) is 18.0 Å². The second-order valence-corrected chi connectivity index (χ2v) is 6.23. The topological polar surface area (TPSA) is 29.0 Å². The van der Waals surface area contributed by atoms with Crippen molar-refractivity contribution in [3.63, 3.8) is 0 Å². The quantitative estimate of drug-likeness (QED) is 0.785. The number of rotatable bonds is 4. The molecule has 106 valence electrons. The van der Waals surface area contributed by atoms with Crippen molar-refractivity contribution in [3.8, 4) is 0 Å². The van der Waals surface area contributed by atoms with Gasteiger partial charge in [-0.05, 0) is 31.6 Å². The maximum Gasteiger partial charge on any atom is 0.137 e. The highest BCUT2D eigenvalue weighted by atomic mass is 35.5. The molecule has 3 nitrogen and oxygen atoms in total. The standard InChI is InChI=1S/C15H24ClN3/c1-5-6-13-17-14(16)11(4)15(18-13)19-8-7-12(9-19)10(2)3/h10,12H,5-9H2,1-4H3. The Labute approximate surface area is 121 Å². The van der Waals surface area contributed by atoms with Gasteiger partial charge in [-0.15, -0.1) is 0 Å². The molecule has 1 fully saturated rings. The maximum atomic E-state index is 6.25. The minimum Gasteiger partial charge on any atom is -0.356 e. The van der Waals surface area contributed by atoms with E-state index in [2.05, 4.69) is 30.7 Å². The van der Waals surface area contributed by atoms with Gasteiger partial charge < -0.3 is 4.90 Å². The molecule has 2 heterocycles. The van der Waals surface area contributed by atoms with Crippen molar-refractivity contribution in [1.82, 2.24) is 9.97 Å². The van der Waals surface area contributed by atoms with Crippen LogP contribution in [0, 0.1) is 18.8 Å². The lowest BCUT2D eigenvalue weighted by atomic mass is 9.95. The second kappa shape index (κ2) is 6.08. The van der Waals surface area contributed by atoms with Crippen LogP contribution in [0.15, 0.2) is 0 Å². The van der Waals surface area contributed by atoms with Gasteiger partial charge in [-0.2, -0.15) is 0 Å². The summed E-state index contributed by atoms with van der Waals surface area (Å²) in [5.41, 5.74) is 1.02. The molecule has 19 heavy (non-hydrogen) atoms. The van der Waals surface area contributed by atoms with E-state index in [0.29, 0.717) is 5.15 Å². The lowest BCUT2D eigenvalue weighted by Crippen LogP contribution is -2.24. The molecule has 0 N–H and O–H groups in total. The maximum absolute atomic E-state index is 6.25. The number of nitrogens with zero attached hydrogens (tertiary/aromatic N) is 3. The van der Waals surface area contributed by atoms with Crippen LogP contribution in [-0.2, 0) is 6.42 Å². The molecule has 4 heteroatoms.